The maximum Gasteiger partial charge on any atom is 0.00106 e. The van der Waals surface area contributed by atoms with Gasteiger partial charge in [0.05, 0.1) is 0 Å². The van der Waals surface area contributed by atoms with E-state index < -0.39 is 0 Å². The van der Waals surface area contributed by atoms with Gasteiger partial charge in [0.15, 0.2) is 0 Å². The van der Waals surface area contributed by atoms with Crippen LogP contribution in [0.4, 0.5) is 0 Å². The molecule has 0 saturated carbocycles. The maximum atomic E-state index is 3.58. The predicted octanol–water partition coefficient (Wildman–Crippen LogP) is 3.84. The van der Waals surface area contributed by atoms with Gasteiger partial charge >= 0.3 is 0 Å². The van der Waals surface area contributed by atoms with Gasteiger partial charge in [0, 0.05) is 12.6 Å². The van der Waals surface area contributed by atoms with E-state index in [9.17, 15) is 0 Å². The minimum atomic E-state index is 0.472. The third-order valence-corrected chi connectivity index (χ3v) is 3.41. The fourth-order valence-corrected chi connectivity index (χ4v) is 1.60. The molecule has 0 heterocycles. The van der Waals surface area contributed by atoms with Crippen molar-refractivity contribution in [2.45, 2.75) is 66.8 Å². The molecule has 1 atom stereocenters. The summed E-state index contributed by atoms with van der Waals surface area (Å²) >= 11 is 0. The van der Waals surface area contributed by atoms with Gasteiger partial charge in [0.25, 0.3) is 0 Å². The molecule has 0 spiro atoms. The second kappa shape index (κ2) is 6.44. The van der Waals surface area contributed by atoms with Gasteiger partial charge in [0.2, 0.25) is 0 Å². The van der Waals surface area contributed by atoms with Crippen LogP contribution in [0.25, 0.3) is 0 Å². The zero-order chi connectivity index (χ0) is 11.2. The van der Waals surface area contributed by atoms with Crippen molar-refractivity contribution in [3.05, 3.63) is 0 Å². The molecule has 0 radical (unpaired) electrons. The number of hydrogen-bond acceptors (Lipinski definition) is 1. The molecule has 0 bridgehead atoms. The van der Waals surface area contributed by atoms with Crippen molar-refractivity contribution in [3.63, 3.8) is 0 Å². The quantitative estimate of drug-likeness (QED) is 0.657. The molecule has 0 aliphatic rings. The first-order chi connectivity index (χ1) is 6.42. The summed E-state index contributed by atoms with van der Waals surface area (Å²) in [6.07, 6.45) is 4.01. The monoisotopic (exact) mass is 199 g/mol. The lowest BCUT2D eigenvalue weighted by molar-refractivity contribution is 0.181. The van der Waals surface area contributed by atoms with Crippen LogP contribution in [0.3, 0.4) is 0 Å². The van der Waals surface area contributed by atoms with E-state index in [1.165, 1.54) is 19.3 Å². The third kappa shape index (κ3) is 4.99. The average molecular weight is 199 g/mol. The number of rotatable bonds is 7. The molecular weight excluding hydrogens is 170 g/mol. The average Bonchev–Trinajstić information content (AvgIpc) is 2.11. The van der Waals surface area contributed by atoms with Gasteiger partial charge in [-0.2, -0.15) is 0 Å². The molecular formula is C13H29N. The zero-order valence-corrected chi connectivity index (χ0v) is 11.0. The van der Waals surface area contributed by atoms with Gasteiger partial charge in [-0.1, -0.05) is 54.4 Å². The normalized spacial score (nSPS) is 16.3. The smallest absolute Gasteiger partial charge is 0.00106 e. The molecule has 0 amide bonds. The standard InChI is InChI=1S/C13H29N/c1-7-8-9-13(6,11(2)3)10-14-12(4)5/h11-12,14H,7-10H2,1-6H3. The van der Waals surface area contributed by atoms with Crippen LogP contribution in [0.5, 0.6) is 0 Å². The highest BCUT2D eigenvalue weighted by Gasteiger charge is 2.27. The highest BCUT2D eigenvalue weighted by atomic mass is 14.9. The largest absolute Gasteiger partial charge is 0.314 e. The Morgan fingerprint density at radius 1 is 1.14 bits per heavy atom. The molecule has 0 aromatic heterocycles. The molecule has 0 aliphatic carbocycles. The second-order valence-electron chi connectivity index (χ2n) is 5.45. The lowest BCUT2D eigenvalue weighted by atomic mass is 9.75. The summed E-state index contributed by atoms with van der Waals surface area (Å²) in [5.74, 6) is 0.764. The first-order valence-electron chi connectivity index (χ1n) is 6.15. The highest BCUT2D eigenvalue weighted by Crippen LogP contribution is 2.32. The Kier molecular flexibility index (Phi) is 6.43. The molecule has 1 nitrogen and oxygen atoms in total. The molecule has 0 aliphatic heterocycles. The topological polar surface area (TPSA) is 12.0 Å². The van der Waals surface area contributed by atoms with Crippen LogP contribution in [-0.2, 0) is 0 Å². The van der Waals surface area contributed by atoms with Crippen LogP contribution in [0.2, 0.25) is 0 Å². The Bertz CT molecular complexity index is 140. The Balaban J connectivity index is 4.10. The molecule has 14 heavy (non-hydrogen) atoms. The summed E-state index contributed by atoms with van der Waals surface area (Å²) in [6, 6.07) is 0.606. The van der Waals surface area contributed by atoms with E-state index in [2.05, 4.69) is 46.9 Å². The van der Waals surface area contributed by atoms with Crippen LogP contribution in [0.1, 0.15) is 60.8 Å². The molecule has 1 N–H and O–H groups in total. The molecule has 0 aromatic rings. The van der Waals surface area contributed by atoms with Gasteiger partial charge in [0.1, 0.15) is 0 Å². The molecule has 0 fully saturated rings. The van der Waals surface area contributed by atoms with Crippen molar-refractivity contribution in [2.24, 2.45) is 11.3 Å². The number of unbranched alkanes of at least 4 members (excludes halogenated alkanes) is 1. The Morgan fingerprint density at radius 3 is 2.07 bits per heavy atom. The van der Waals surface area contributed by atoms with Crippen molar-refractivity contribution in [2.75, 3.05) is 6.54 Å². The first kappa shape index (κ1) is 14.0. The van der Waals surface area contributed by atoms with Gasteiger partial charge in [-0.15, -0.1) is 0 Å². The molecule has 0 aromatic carbocycles. The maximum absolute atomic E-state index is 3.58. The lowest BCUT2D eigenvalue weighted by Crippen LogP contribution is -2.39. The van der Waals surface area contributed by atoms with Crippen molar-refractivity contribution >= 4 is 0 Å². The zero-order valence-electron chi connectivity index (χ0n) is 11.0. The predicted molar refractivity (Wildman–Crippen MR) is 65.6 cm³/mol. The SMILES string of the molecule is CCCCC(C)(CNC(C)C)C(C)C. The van der Waals surface area contributed by atoms with Crippen LogP contribution in [0.15, 0.2) is 0 Å². The van der Waals surface area contributed by atoms with Crippen molar-refractivity contribution in [1.29, 1.82) is 0 Å². The van der Waals surface area contributed by atoms with Crippen molar-refractivity contribution < 1.29 is 0 Å². The van der Waals surface area contributed by atoms with Crippen LogP contribution in [-0.4, -0.2) is 12.6 Å². The van der Waals surface area contributed by atoms with Gasteiger partial charge in [-0.05, 0) is 17.8 Å². The van der Waals surface area contributed by atoms with Crippen molar-refractivity contribution in [3.8, 4) is 0 Å². The van der Waals surface area contributed by atoms with Gasteiger partial charge < -0.3 is 5.32 Å². The van der Waals surface area contributed by atoms with E-state index in [1.807, 2.05) is 0 Å². The highest BCUT2D eigenvalue weighted by molar-refractivity contribution is 4.80. The number of nitrogens with one attached hydrogen (secondary N) is 1. The minimum Gasteiger partial charge on any atom is -0.314 e. The van der Waals surface area contributed by atoms with Gasteiger partial charge in [-0.25, -0.2) is 0 Å². The first-order valence-corrected chi connectivity index (χ1v) is 6.15. The summed E-state index contributed by atoms with van der Waals surface area (Å²) in [5.41, 5.74) is 0.472. The number of hydrogen-bond donors (Lipinski definition) is 1. The molecule has 1 heteroatoms. The Morgan fingerprint density at radius 2 is 1.71 bits per heavy atom. The van der Waals surface area contributed by atoms with Crippen LogP contribution >= 0.6 is 0 Å². The Labute approximate surface area is 90.7 Å². The second-order valence-corrected chi connectivity index (χ2v) is 5.45. The molecule has 0 rings (SSSR count). The fraction of sp³-hybridized carbons (Fsp3) is 1.00. The van der Waals surface area contributed by atoms with Crippen LogP contribution in [0, 0.1) is 11.3 Å². The van der Waals surface area contributed by atoms with E-state index in [4.69, 9.17) is 0 Å². The van der Waals surface area contributed by atoms with E-state index in [-0.39, 0.29) is 0 Å². The minimum absolute atomic E-state index is 0.472. The summed E-state index contributed by atoms with van der Waals surface area (Å²) in [5, 5.41) is 3.58. The molecule has 0 saturated heterocycles. The van der Waals surface area contributed by atoms with Crippen LogP contribution < -0.4 is 5.32 Å². The summed E-state index contributed by atoms with van der Waals surface area (Å²) < 4.78 is 0. The van der Waals surface area contributed by atoms with E-state index in [1.54, 1.807) is 0 Å². The van der Waals surface area contributed by atoms with Gasteiger partial charge in [-0.3, -0.25) is 0 Å². The van der Waals surface area contributed by atoms with Crippen molar-refractivity contribution in [1.82, 2.24) is 5.32 Å². The van der Waals surface area contributed by atoms with E-state index >= 15 is 0 Å². The Hall–Kier alpha value is -0.0400. The lowest BCUT2D eigenvalue weighted by Gasteiger charge is -2.35. The van der Waals surface area contributed by atoms with E-state index in [0.29, 0.717) is 11.5 Å². The summed E-state index contributed by atoms with van der Waals surface area (Å²) in [7, 11) is 0. The third-order valence-electron chi connectivity index (χ3n) is 3.41. The fourth-order valence-electron chi connectivity index (χ4n) is 1.60. The molecule has 1 unspecified atom stereocenters. The summed E-state index contributed by atoms with van der Waals surface area (Å²) in [4.78, 5) is 0. The summed E-state index contributed by atoms with van der Waals surface area (Å²) in [6.45, 7) is 15.0. The molecule has 86 valence electrons. The van der Waals surface area contributed by atoms with E-state index in [0.717, 1.165) is 12.5 Å².